The van der Waals surface area contributed by atoms with E-state index in [1.165, 1.54) is 0 Å². The maximum Gasteiger partial charge on any atom is 0.142 e. The summed E-state index contributed by atoms with van der Waals surface area (Å²) in [5.74, 6) is 0. The van der Waals surface area contributed by atoms with Crippen molar-refractivity contribution in [2.45, 2.75) is 13.7 Å². The zero-order valence-corrected chi connectivity index (χ0v) is 13.6. The van der Waals surface area contributed by atoms with Gasteiger partial charge in [-0.15, -0.1) is 0 Å². The normalized spacial score (nSPS) is 10.9. The second-order valence-electron chi connectivity index (χ2n) is 5.81. The Hall–Kier alpha value is -3.43. The van der Waals surface area contributed by atoms with E-state index in [2.05, 4.69) is 16.2 Å². The molecule has 0 unspecified atom stereocenters. The number of nitriles is 1. The van der Waals surface area contributed by atoms with Crippen LogP contribution in [0.5, 0.6) is 0 Å². The summed E-state index contributed by atoms with van der Waals surface area (Å²) in [5, 5.41) is 23.9. The third-order valence-corrected chi connectivity index (χ3v) is 4.29. The number of benzene rings is 1. The van der Waals surface area contributed by atoms with Crippen LogP contribution in [0.25, 0.3) is 27.8 Å². The van der Waals surface area contributed by atoms with Crippen LogP contribution in [0, 0.1) is 18.3 Å². The quantitative estimate of drug-likeness (QED) is 0.626. The lowest BCUT2D eigenvalue weighted by molar-refractivity contribution is 0.215. The van der Waals surface area contributed by atoms with Crippen LogP contribution in [0.4, 0.5) is 0 Å². The number of aromatic nitrogens is 4. The van der Waals surface area contributed by atoms with E-state index in [1.54, 1.807) is 27.7 Å². The van der Waals surface area contributed by atoms with Crippen molar-refractivity contribution in [1.82, 2.24) is 19.3 Å². The second-order valence-corrected chi connectivity index (χ2v) is 5.81. The van der Waals surface area contributed by atoms with Gasteiger partial charge in [-0.25, -0.2) is 9.67 Å². The SMILES string of the molecule is Cc1ccc(C#N)cc1-n1cc(-c2ccnc3c2ccn3CO)cn1. The molecule has 0 radical (unpaired) electrons. The monoisotopic (exact) mass is 329 g/mol. The summed E-state index contributed by atoms with van der Waals surface area (Å²) < 4.78 is 3.46. The molecule has 4 aromatic rings. The van der Waals surface area contributed by atoms with E-state index < -0.39 is 0 Å². The molecule has 0 fully saturated rings. The van der Waals surface area contributed by atoms with Crippen molar-refractivity contribution in [3.05, 3.63) is 66.2 Å². The van der Waals surface area contributed by atoms with Gasteiger partial charge in [0.25, 0.3) is 0 Å². The fourth-order valence-corrected chi connectivity index (χ4v) is 2.98. The number of pyridine rings is 1. The summed E-state index contributed by atoms with van der Waals surface area (Å²) >= 11 is 0. The standard InChI is InChI=1S/C19H15N5O/c1-13-2-3-14(9-20)8-18(13)24-11-15(10-22-24)16-4-6-21-19-17(16)5-7-23(19)12-25/h2-8,10-11,25H,12H2,1H3. The van der Waals surface area contributed by atoms with Gasteiger partial charge in [0.2, 0.25) is 0 Å². The van der Waals surface area contributed by atoms with Gasteiger partial charge in [0, 0.05) is 29.5 Å². The second kappa shape index (κ2) is 5.89. The average molecular weight is 329 g/mol. The van der Waals surface area contributed by atoms with Gasteiger partial charge in [0.1, 0.15) is 12.4 Å². The number of aliphatic hydroxyl groups is 1. The zero-order valence-electron chi connectivity index (χ0n) is 13.6. The molecule has 0 aliphatic rings. The minimum absolute atomic E-state index is 0.112. The van der Waals surface area contributed by atoms with Crippen molar-refractivity contribution < 1.29 is 5.11 Å². The van der Waals surface area contributed by atoms with Crippen LogP contribution in [0.3, 0.4) is 0 Å². The first-order chi connectivity index (χ1) is 12.2. The smallest absolute Gasteiger partial charge is 0.142 e. The molecule has 0 saturated carbocycles. The highest BCUT2D eigenvalue weighted by molar-refractivity contribution is 5.93. The predicted molar refractivity (Wildman–Crippen MR) is 94.0 cm³/mol. The molecule has 3 aromatic heterocycles. The fraction of sp³-hybridized carbons (Fsp3) is 0.105. The Morgan fingerprint density at radius 1 is 1.24 bits per heavy atom. The van der Waals surface area contributed by atoms with Gasteiger partial charge in [0.15, 0.2) is 0 Å². The molecule has 1 N–H and O–H groups in total. The van der Waals surface area contributed by atoms with Crippen molar-refractivity contribution in [3.63, 3.8) is 0 Å². The van der Waals surface area contributed by atoms with Gasteiger partial charge in [-0.2, -0.15) is 10.4 Å². The zero-order chi connectivity index (χ0) is 17.4. The molecule has 3 heterocycles. The van der Waals surface area contributed by atoms with E-state index in [9.17, 15) is 5.11 Å². The first-order valence-corrected chi connectivity index (χ1v) is 7.82. The van der Waals surface area contributed by atoms with Crippen molar-refractivity contribution in [2.24, 2.45) is 0 Å². The lowest BCUT2D eigenvalue weighted by atomic mass is 10.1. The molecule has 0 atom stereocenters. The summed E-state index contributed by atoms with van der Waals surface area (Å²) in [7, 11) is 0. The first-order valence-electron chi connectivity index (χ1n) is 7.82. The molecule has 25 heavy (non-hydrogen) atoms. The molecule has 0 saturated heterocycles. The van der Waals surface area contributed by atoms with E-state index in [0.29, 0.717) is 5.56 Å². The van der Waals surface area contributed by atoms with E-state index in [4.69, 9.17) is 5.26 Å². The number of nitrogens with zero attached hydrogens (tertiary/aromatic N) is 5. The van der Waals surface area contributed by atoms with Gasteiger partial charge in [-0.05, 0) is 42.3 Å². The van der Waals surface area contributed by atoms with Crippen molar-refractivity contribution in [2.75, 3.05) is 0 Å². The molecule has 6 nitrogen and oxygen atoms in total. The highest BCUT2D eigenvalue weighted by Crippen LogP contribution is 2.28. The van der Waals surface area contributed by atoms with Crippen LogP contribution in [0.2, 0.25) is 0 Å². The van der Waals surface area contributed by atoms with Crippen LogP contribution in [0.15, 0.2) is 55.1 Å². The number of hydrogen-bond donors (Lipinski definition) is 1. The van der Waals surface area contributed by atoms with E-state index in [-0.39, 0.29) is 6.73 Å². The van der Waals surface area contributed by atoms with Crippen LogP contribution >= 0.6 is 0 Å². The Bertz CT molecular complexity index is 1120. The molecule has 0 aliphatic heterocycles. The lowest BCUT2D eigenvalue weighted by Gasteiger charge is -2.06. The molecule has 1 aromatic carbocycles. The molecule has 122 valence electrons. The predicted octanol–water partition coefficient (Wildman–Crippen LogP) is 3.02. The van der Waals surface area contributed by atoms with Crippen LogP contribution < -0.4 is 0 Å². The largest absolute Gasteiger partial charge is 0.376 e. The third kappa shape index (κ3) is 2.47. The van der Waals surface area contributed by atoms with E-state index >= 15 is 0 Å². The summed E-state index contributed by atoms with van der Waals surface area (Å²) in [6.45, 7) is 1.88. The molecule has 0 bridgehead atoms. The Labute approximate surface area is 144 Å². The molecular weight excluding hydrogens is 314 g/mol. The molecule has 6 heteroatoms. The van der Waals surface area contributed by atoms with Gasteiger partial charge in [0.05, 0.1) is 23.5 Å². The summed E-state index contributed by atoms with van der Waals surface area (Å²) in [4.78, 5) is 4.34. The highest BCUT2D eigenvalue weighted by atomic mass is 16.3. The fourth-order valence-electron chi connectivity index (χ4n) is 2.98. The molecule has 4 rings (SSSR count). The van der Waals surface area contributed by atoms with Crippen LogP contribution in [0.1, 0.15) is 11.1 Å². The van der Waals surface area contributed by atoms with Crippen molar-refractivity contribution in [3.8, 4) is 22.9 Å². The Balaban J connectivity index is 1.83. The van der Waals surface area contributed by atoms with E-state index in [0.717, 1.165) is 33.4 Å². The Kier molecular flexibility index (Phi) is 3.56. The molecule has 0 aliphatic carbocycles. The Morgan fingerprint density at radius 2 is 2.12 bits per heavy atom. The Morgan fingerprint density at radius 3 is 2.92 bits per heavy atom. The number of aliphatic hydroxyl groups excluding tert-OH is 1. The van der Waals surface area contributed by atoms with Crippen molar-refractivity contribution >= 4 is 11.0 Å². The maximum absolute atomic E-state index is 9.40. The maximum atomic E-state index is 9.40. The minimum Gasteiger partial charge on any atom is -0.376 e. The van der Waals surface area contributed by atoms with Gasteiger partial charge in [-0.1, -0.05) is 6.07 Å². The first kappa shape index (κ1) is 15.1. The van der Waals surface area contributed by atoms with Crippen LogP contribution in [-0.2, 0) is 6.73 Å². The van der Waals surface area contributed by atoms with Gasteiger partial charge >= 0.3 is 0 Å². The minimum atomic E-state index is -0.112. The molecule has 0 amide bonds. The topological polar surface area (TPSA) is 79.7 Å². The lowest BCUT2D eigenvalue weighted by Crippen LogP contribution is -1.98. The number of aryl methyl sites for hydroxylation is 1. The number of hydrogen-bond acceptors (Lipinski definition) is 4. The number of fused-ring (bicyclic) bond motifs is 1. The highest BCUT2D eigenvalue weighted by Gasteiger charge is 2.11. The van der Waals surface area contributed by atoms with E-state index in [1.807, 2.05) is 43.6 Å². The molecule has 0 spiro atoms. The molecular formula is C19H15N5O. The van der Waals surface area contributed by atoms with Crippen molar-refractivity contribution in [1.29, 1.82) is 5.26 Å². The van der Waals surface area contributed by atoms with Crippen LogP contribution in [-0.4, -0.2) is 24.4 Å². The number of rotatable bonds is 3. The summed E-state index contributed by atoms with van der Waals surface area (Å²) in [5.41, 5.74) is 5.20. The van der Waals surface area contributed by atoms with Gasteiger partial charge < -0.3 is 9.67 Å². The van der Waals surface area contributed by atoms with Gasteiger partial charge in [-0.3, -0.25) is 0 Å². The third-order valence-electron chi connectivity index (χ3n) is 4.29. The summed E-state index contributed by atoms with van der Waals surface area (Å²) in [6.07, 6.45) is 7.27. The average Bonchev–Trinajstić information content (AvgIpc) is 3.29. The summed E-state index contributed by atoms with van der Waals surface area (Å²) in [6, 6.07) is 11.6.